The van der Waals surface area contributed by atoms with Gasteiger partial charge in [0.2, 0.25) is 0 Å². The van der Waals surface area contributed by atoms with Crippen LogP contribution in [-0.4, -0.2) is 24.9 Å². The van der Waals surface area contributed by atoms with Crippen molar-refractivity contribution in [2.45, 2.75) is 36.5 Å². The monoisotopic (exact) mass is 246 g/mol. The Morgan fingerprint density at radius 1 is 1.31 bits per heavy atom. The summed E-state index contributed by atoms with van der Waals surface area (Å²) in [7, 11) is -3.70. The second-order valence-electron chi connectivity index (χ2n) is 3.87. The molecule has 3 nitrogen and oxygen atoms in total. The first-order valence-corrected chi connectivity index (χ1v) is 6.57. The van der Waals surface area contributed by atoms with Gasteiger partial charge in [-0.15, -0.1) is 0 Å². The minimum Gasteiger partial charge on any atom is -0.393 e. The summed E-state index contributed by atoms with van der Waals surface area (Å²) in [6.45, 7) is 2.97. The maximum Gasteiger partial charge on any atom is 0.183 e. The lowest BCUT2D eigenvalue weighted by molar-refractivity contribution is 0.184. The molecule has 1 rings (SSSR count). The lowest BCUT2D eigenvalue weighted by Crippen LogP contribution is -2.23. The molecule has 16 heavy (non-hydrogen) atoms. The van der Waals surface area contributed by atoms with E-state index in [1.54, 1.807) is 0 Å². The van der Waals surface area contributed by atoms with Crippen molar-refractivity contribution < 1.29 is 17.9 Å². The van der Waals surface area contributed by atoms with Gasteiger partial charge < -0.3 is 5.11 Å². The number of halogens is 1. The van der Waals surface area contributed by atoms with Crippen LogP contribution in [0.4, 0.5) is 4.39 Å². The molecule has 0 amide bonds. The number of aliphatic hydroxyl groups excluding tert-OH is 1. The molecule has 1 aromatic rings. The Labute approximate surface area is 94.8 Å². The summed E-state index contributed by atoms with van der Waals surface area (Å²) in [5.74, 6) is -0.750. The van der Waals surface area contributed by atoms with Gasteiger partial charge in [-0.05, 0) is 32.4 Å². The van der Waals surface area contributed by atoms with Crippen LogP contribution >= 0.6 is 0 Å². The van der Waals surface area contributed by atoms with E-state index in [1.165, 1.54) is 32.0 Å². The first-order chi connectivity index (χ1) is 7.35. The van der Waals surface area contributed by atoms with E-state index in [0.717, 1.165) is 6.07 Å². The second-order valence-corrected chi connectivity index (χ2v) is 6.21. The quantitative estimate of drug-likeness (QED) is 0.880. The largest absolute Gasteiger partial charge is 0.393 e. The molecule has 0 fully saturated rings. The SMILES string of the molecule is CC(O)CC(C)S(=O)(=O)c1ccccc1F. The molecule has 1 aromatic carbocycles. The van der Waals surface area contributed by atoms with Gasteiger partial charge in [0.05, 0.1) is 11.4 Å². The maximum atomic E-state index is 13.3. The summed E-state index contributed by atoms with van der Waals surface area (Å²) in [5, 5.41) is 8.34. The highest BCUT2D eigenvalue weighted by Gasteiger charge is 2.26. The van der Waals surface area contributed by atoms with Gasteiger partial charge in [0.1, 0.15) is 10.7 Å². The van der Waals surface area contributed by atoms with Crippen molar-refractivity contribution in [2.75, 3.05) is 0 Å². The molecule has 90 valence electrons. The van der Waals surface area contributed by atoms with E-state index in [2.05, 4.69) is 0 Å². The lowest BCUT2D eigenvalue weighted by atomic mass is 10.2. The smallest absolute Gasteiger partial charge is 0.183 e. The van der Waals surface area contributed by atoms with Crippen LogP contribution in [0.15, 0.2) is 29.2 Å². The van der Waals surface area contributed by atoms with Crippen LogP contribution in [0.1, 0.15) is 20.3 Å². The number of sulfone groups is 1. The number of benzene rings is 1. The zero-order chi connectivity index (χ0) is 12.3. The number of rotatable bonds is 4. The zero-order valence-corrected chi connectivity index (χ0v) is 10.0. The van der Waals surface area contributed by atoms with Gasteiger partial charge in [-0.25, -0.2) is 12.8 Å². The van der Waals surface area contributed by atoms with Crippen LogP contribution in [0.3, 0.4) is 0 Å². The van der Waals surface area contributed by atoms with Crippen molar-refractivity contribution in [3.05, 3.63) is 30.1 Å². The van der Waals surface area contributed by atoms with Crippen molar-refractivity contribution in [1.29, 1.82) is 0 Å². The standard InChI is InChI=1S/C11H15FO3S/c1-8(13)7-9(2)16(14,15)11-6-4-3-5-10(11)12/h3-6,8-9,13H,7H2,1-2H3. The molecule has 2 atom stereocenters. The summed E-state index contributed by atoms with van der Waals surface area (Å²) in [5.41, 5.74) is 0. The fourth-order valence-corrected chi connectivity index (χ4v) is 3.07. The topological polar surface area (TPSA) is 54.4 Å². The molecular weight excluding hydrogens is 231 g/mol. The van der Waals surface area contributed by atoms with Gasteiger partial charge in [-0.1, -0.05) is 12.1 Å². The van der Waals surface area contributed by atoms with Crippen LogP contribution < -0.4 is 0 Å². The number of aliphatic hydroxyl groups is 1. The summed E-state index contributed by atoms with van der Waals surface area (Å²) < 4.78 is 37.2. The first kappa shape index (κ1) is 13.1. The van der Waals surface area contributed by atoms with Crippen molar-refractivity contribution in [3.63, 3.8) is 0 Å². The molecule has 0 aliphatic rings. The van der Waals surface area contributed by atoms with E-state index >= 15 is 0 Å². The summed E-state index contributed by atoms with van der Waals surface area (Å²) in [6, 6.07) is 5.27. The van der Waals surface area contributed by atoms with Crippen LogP contribution in [-0.2, 0) is 9.84 Å². The number of hydrogen-bond acceptors (Lipinski definition) is 3. The molecular formula is C11H15FO3S. The Morgan fingerprint density at radius 2 is 1.88 bits per heavy atom. The van der Waals surface area contributed by atoms with Crippen LogP contribution in [0.2, 0.25) is 0 Å². The molecule has 0 heterocycles. The summed E-state index contributed by atoms with van der Waals surface area (Å²) in [4.78, 5) is -0.303. The Morgan fingerprint density at radius 3 is 2.38 bits per heavy atom. The molecule has 0 aromatic heterocycles. The molecule has 5 heteroatoms. The van der Waals surface area contributed by atoms with Gasteiger partial charge in [0, 0.05) is 0 Å². The first-order valence-electron chi connectivity index (χ1n) is 5.02. The Bertz CT molecular complexity index is 454. The van der Waals surface area contributed by atoms with E-state index in [0.29, 0.717) is 0 Å². The van der Waals surface area contributed by atoms with Gasteiger partial charge in [-0.3, -0.25) is 0 Å². The Kier molecular flexibility index (Phi) is 4.04. The van der Waals surface area contributed by atoms with Crippen LogP contribution in [0.5, 0.6) is 0 Å². The van der Waals surface area contributed by atoms with Gasteiger partial charge >= 0.3 is 0 Å². The summed E-state index contributed by atoms with van der Waals surface area (Å²) >= 11 is 0. The highest BCUT2D eigenvalue weighted by molar-refractivity contribution is 7.92. The van der Waals surface area contributed by atoms with Crippen molar-refractivity contribution in [2.24, 2.45) is 0 Å². The number of hydrogen-bond donors (Lipinski definition) is 1. The van der Waals surface area contributed by atoms with Crippen molar-refractivity contribution >= 4 is 9.84 Å². The van der Waals surface area contributed by atoms with Crippen LogP contribution in [0.25, 0.3) is 0 Å². The van der Waals surface area contributed by atoms with Crippen molar-refractivity contribution in [1.82, 2.24) is 0 Å². The minimum absolute atomic E-state index is 0.0939. The average molecular weight is 246 g/mol. The average Bonchev–Trinajstić information content (AvgIpc) is 2.16. The highest BCUT2D eigenvalue weighted by Crippen LogP contribution is 2.21. The fraction of sp³-hybridized carbons (Fsp3) is 0.455. The van der Waals surface area contributed by atoms with E-state index in [1.807, 2.05) is 0 Å². The molecule has 0 saturated carbocycles. The third-order valence-electron chi connectivity index (χ3n) is 2.35. The van der Waals surface area contributed by atoms with Gasteiger partial charge in [0.15, 0.2) is 9.84 Å². The minimum atomic E-state index is -3.70. The molecule has 0 radical (unpaired) electrons. The molecule has 0 aliphatic carbocycles. The predicted octanol–water partition coefficient (Wildman–Crippen LogP) is 1.76. The lowest BCUT2D eigenvalue weighted by Gasteiger charge is -2.14. The van der Waals surface area contributed by atoms with E-state index in [-0.39, 0.29) is 11.3 Å². The second kappa shape index (κ2) is 4.93. The predicted molar refractivity (Wildman–Crippen MR) is 59.3 cm³/mol. The molecule has 2 unspecified atom stereocenters. The Balaban J connectivity index is 3.08. The Hall–Kier alpha value is -0.940. The maximum absolute atomic E-state index is 13.3. The molecule has 0 aliphatic heterocycles. The highest BCUT2D eigenvalue weighted by atomic mass is 32.2. The van der Waals surface area contributed by atoms with Gasteiger partial charge in [-0.2, -0.15) is 0 Å². The molecule has 0 bridgehead atoms. The fourth-order valence-electron chi connectivity index (χ4n) is 1.50. The van der Waals surface area contributed by atoms with Gasteiger partial charge in [0.25, 0.3) is 0 Å². The molecule has 0 saturated heterocycles. The third kappa shape index (κ3) is 2.80. The van der Waals surface area contributed by atoms with Crippen molar-refractivity contribution in [3.8, 4) is 0 Å². The van der Waals surface area contributed by atoms with E-state index < -0.39 is 27.0 Å². The van der Waals surface area contributed by atoms with Crippen LogP contribution in [0, 0.1) is 5.82 Å². The third-order valence-corrected chi connectivity index (χ3v) is 4.54. The molecule has 0 spiro atoms. The zero-order valence-electron chi connectivity index (χ0n) is 9.22. The van der Waals surface area contributed by atoms with E-state index in [4.69, 9.17) is 5.11 Å². The summed E-state index contributed by atoms with van der Waals surface area (Å²) in [6.07, 6.45) is -0.632. The normalized spacial score (nSPS) is 15.8. The molecule has 1 N–H and O–H groups in total. The van der Waals surface area contributed by atoms with E-state index in [9.17, 15) is 12.8 Å².